The maximum atomic E-state index is 5.26. The van der Waals surface area contributed by atoms with Crippen LogP contribution in [0.25, 0.3) is 0 Å². The predicted molar refractivity (Wildman–Crippen MR) is 61.2 cm³/mol. The van der Waals surface area contributed by atoms with E-state index in [1.807, 2.05) is 14.0 Å². The van der Waals surface area contributed by atoms with Gasteiger partial charge in [-0.25, -0.2) is 0 Å². The summed E-state index contributed by atoms with van der Waals surface area (Å²) in [5.41, 5.74) is 0. The lowest BCUT2D eigenvalue weighted by Crippen LogP contribution is -2.28. The van der Waals surface area contributed by atoms with Crippen LogP contribution in [0.15, 0.2) is 4.52 Å². The summed E-state index contributed by atoms with van der Waals surface area (Å²) in [6.45, 7) is 7.25. The Balaban J connectivity index is 2.66. The van der Waals surface area contributed by atoms with E-state index in [0.29, 0.717) is 31.0 Å². The Bertz CT molecular complexity index is 301. The molecule has 0 fully saturated rings. The minimum absolute atomic E-state index is 0.257. The van der Waals surface area contributed by atoms with Gasteiger partial charge in [-0.15, -0.1) is 0 Å². The van der Waals surface area contributed by atoms with Crippen LogP contribution in [0, 0.1) is 0 Å². The van der Waals surface area contributed by atoms with Gasteiger partial charge in [0.25, 0.3) is 0 Å². The third-order valence-corrected chi connectivity index (χ3v) is 2.74. The molecule has 0 bridgehead atoms. The lowest BCUT2D eigenvalue weighted by molar-refractivity contribution is 0.126. The minimum Gasteiger partial charge on any atom is -0.374 e. The molecule has 92 valence electrons. The first-order valence-electron chi connectivity index (χ1n) is 5.80. The van der Waals surface area contributed by atoms with Gasteiger partial charge in [-0.3, -0.25) is 0 Å². The molecule has 0 saturated heterocycles. The molecule has 1 aromatic heterocycles. The van der Waals surface area contributed by atoms with Crippen LogP contribution in [0.5, 0.6) is 0 Å². The Hall–Kier alpha value is -0.940. The number of rotatable bonds is 7. The highest BCUT2D eigenvalue weighted by atomic mass is 16.5. The van der Waals surface area contributed by atoms with Gasteiger partial charge < -0.3 is 14.6 Å². The molecule has 0 radical (unpaired) electrons. The van der Waals surface area contributed by atoms with Crippen LogP contribution in [-0.4, -0.2) is 29.8 Å². The van der Waals surface area contributed by atoms with E-state index in [1.165, 1.54) is 0 Å². The summed E-state index contributed by atoms with van der Waals surface area (Å²) in [4.78, 5) is 4.35. The zero-order chi connectivity index (χ0) is 12.0. The number of ether oxygens (including phenoxy) is 1. The highest BCUT2D eigenvalue weighted by molar-refractivity contribution is 4.97. The minimum atomic E-state index is 0.257. The van der Waals surface area contributed by atoms with E-state index in [4.69, 9.17) is 9.26 Å². The standard InChI is InChI=1S/C11H21N3O2/c1-5-9(8(3)12-4)11-13-10(14-16-11)7-15-6-2/h8-9,12H,5-7H2,1-4H3. The first-order valence-corrected chi connectivity index (χ1v) is 5.80. The fourth-order valence-electron chi connectivity index (χ4n) is 1.61. The van der Waals surface area contributed by atoms with Gasteiger partial charge in [0.2, 0.25) is 5.89 Å². The molecule has 1 aromatic rings. The van der Waals surface area contributed by atoms with Crippen LogP contribution in [0.3, 0.4) is 0 Å². The molecule has 0 aromatic carbocycles. The van der Waals surface area contributed by atoms with Crippen molar-refractivity contribution in [3.05, 3.63) is 11.7 Å². The molecule has 0 saturated carbocycles. The fourth-order valence-corrected chi connectivity index (χ4v) is 1.61. The molecule has 5 nitrogen and oxygen atoms in total. The second-order valence-corrected chi connectivity index (χ2v) is 3.78. The van der Waals surface area contributed by atoms with Crippen LogP contribution in [-0.2, 0) is 11.3 Å². The van der Waals surface area contributed by atoms with Crippen LogP contribution in [0.1, 0.15) is 44.8 Å². The van der Waals surface area contributed by atoms with E-state index in [1.54, 1.807) is 0 Å². The number of aromatic nitrogens is 2. The smallest absolute Gasteiger partial charge is 0.231 e. The molecular weight excluding hydrogens is 206 g/mol. The summed E-state index contributed by atoms with van der Waals surface area (Å²) in [6.07, 6.45) is 0.971. The van der Waals surface area contributed by atoms with E-state index in [-0.39, 0.29) is 5.92 Å². The fraction of sp³-hybridized carbons (Fsp3) is 0.818. The Morgan fingerprint density at radius 3 is 2.75 bits per heavy atom. The Kier molecular flexibility index (Phi) is 5.42. The van der Waals surface area contributed by atoms with E-state index in [0.717, 1.165) is 6.42 Å². The first-order chi connectivity index (χ1) is 7.72. The molecule has 0 amide bonds. The average molecular weight is 227 g/mol. The maximum absolute atomic E-state index is 5.26. The van der Waals surface area contributed by atoms with Gasteiger partial charge in [0, 0.05) is 12.6 Å². The summed E-state index contributed by atoms with van der Waals surface area (Å²) < 4.78 is 10.5. The van der Waals surface area contributed by atoms with E-state index < -0.39 is 0 Å². The molecule has 1 heterocycles. The molecule has 0 spiro atoms. The number of nitrogens with zero attached hydrogens (tertiary/aromatic N) is 2. The van der Waals surface area contributed by atoms with Gasteiger partial charge >= 0.3 is 0 Å². The second-order valence-electron chi connectivity index (χ2n) is 3.78. The summed E-state index contributed by atoms with van der Waals surface area (Å²) in [5, 5.41) is 7.11. The topological polar surface area (TPSA) is 60.2 Å². The summed E-state index contributed by atoms with van der Waals surface area (Å²) in [7, 11) is 1.94. The van der Waals surface area contributed by atoms with Gasteiger partial charge in [0.15, 0.2) is 5.82 Å². The third-order valence-electron chi connectivity index (χ3n) is 2.74. The molecule has 0 aliphatic carbocycles. The Morgan fingerprint density at radius 1 is 1.44 bits per heavy atom. The van der Waals surface area contributed by atoms with Crippen molar-refractivity contribution in [2.24, 2.45) is 0 Å². The van der Waals surface area contributed by atoms with Gasteiger partial charge in [-0.05, 0) is 27.3 Å². The van der Waals surface area contributed by atoms with Crippen molar-refractivity contribution in [1.29, 1.82) is 0 Å². The lowest BCUT2D eigenvalue weighted by Gasteiger charge is -2.17. The van der Waals surface area contributed by atoms with Crippen LogP contribution >= 0.6 is 0 Å². The predicted octanol–water partition coefficient (Wildman–Crippen LogP) is 1.71. The second kappa shape index (κ2) is 6.60. The molecule has 5 heteroatoms. The van der Waals surface area contributed by atoms with Crippen molar-refractivity contribution in [3.63, 3.8) is 0 Å². The number of hydrogen-bond acceptors (Lipinski definition) is 5. The quantitative estimate of drug-likeness (QED) is 0.768. The molecule has 1 N–H and O–H groups in total. The van der Waals surface area contributed by atoms with Crippen molar-refractivity contribution in [3.8, 4) is 0 Å². The van der Waals surface area contributed by atoms with Gasteiger partial charge in [0.05, 0.1) is 5.92 Å². The lowest BCUT2D eigenvalue weighted by atomic mass is 9.98. The Morgan fingerprint density at radius 2 is 2.19 bits per heavy atom. The third kappa shape index (κ3) is 3.28. The summed E-state index contributed by atoms with van der Waals surface area (Å²) >= 11 is 0. The molecule has 16 heavy (non-hydrogen) atoms. The summed E-state index contributed by atoms with van der Waals surface area (Å²) in [6, 6.07) is 0.324. The monoisotopic (exact) mass is 227 g/mol. The van der Waals surface area contributed by atoms with Gasteiger partial charge in [0.1, 0.15) is 6.61 Å². The van der Waals surface area contributed by atoms with Crippen LogP contribution in [0.2, 0.25) is 0 Å². The molecule has 2 unspecified atom stereocenters. The van der Waals surface area contributed by atoms with Gasteiger partial charge in [-0.1, -0.05) is 12.1 Å². The normalized spacial score (nSPS) is 15.0. The molecule has 2 atom stereocenters. The summed E-state index contributed by atoms with van der Waals surface area (Å²) in [5.74, 6) is 1.57. The number of nitrogens with one attached hydrogen (secondary N) is 1. The van der Waals surface area contributed by atoms with E-state index in [2.05, 4.69) is 29.3 Å². The van der Waals surface area contributed by atoms with Crippen molar-refractivity contribution < 1.29 is 9.26 Å². The maximum Gasteiger partial charge on any atom is 0.231 e. The SMILES string of the molecule is CCOCc1noc(C(CC)C(C)NC)n1. The largest absolute Gasteiger partial charge is 0.374 e. The highest BCUT2D eigenvalue weighted by Crippen LogP contribution is 2.21. The average Bonchev–Trinajstić information content (AvgIpc) is 2.75. The first kappa shape index (κ1) is 13.1. The van der Waals surface area contributed by atoms with E-state index >= 15 is 0 Å². The molecular formula is C11H21N3O2. The molecule has 1 rings (SSSR count). The zero-order valence-corrected chi connectivity index (χ0v) is 10.5. The van der Waals surface area contributed by atoms with Crippen molar-refractivity contribution in [1.82, 2.24) is 15.5 Å². The molecule has 0 aliphatic rings. The van der Waals surface area contributed by atoms with Crippen molar-refractivity contribution in [2.45, 2.75) is 45.8 Å². The Labute approximate surface area is 96.6 Å². The highest BCUT2D eigenvalue weighted by Gasteiger charge is 2.22. The van der Waals surface area contributed by atoms with Crippen molar-refractivity contribution in [2.75, 3.05) is 13.7 Å². The van der Waals surface area contributed by atoms with E-state index in [9.17, 15) is 0 Å². The van der Waals surface area contributed by atoms with Crippen molar-refractivity contribution >= 4 is 0 Å². The van der Waals surface area contributed by atoms with Crippen LogP contribution < -0.4 is 5.32 Å². The number of hydrogen-bond donors (Lipinski definition) is 1. The van der Waals surface area contributed by atoms with Gasteiger partial charge in [-0.2, -0.15) is 4.98 Å². The molecule has 0 aliphatic heterocycles. The zero-order valence-electron chi connectivity index (χ0n) is 10.5. The number of likely N-dealkylation sites (N-methyl/N-ethyl adjacent to an activating group) is 1. The van der Waals surface area contributed by atoms with Crippen LogP contribution in [0.4, 0.5) is 0 Å².